The average molecular weight is 282 g/mol. The van der Waals surface area contributed by atoms with Crippen LogP contribution in [0.25, 0.3) is 0 Å². The lowest BCUT2D eigenvalue weighted by Crippen LogP contribution is -2.18. The number of rotatable bonds is 5. The number of amides is 1. The van der Waals surface area contributed by atoms with Crippen LogP contribution in [0.4, 0.5) is 0 Å². The van der Waals surface area contributed by atoms with Gasteiger partial charge in [0.25, 0.3) is 5.91 Å². The highest BCUT2D eigenvalue weighted by molar-refractivity contribution is 5.93. The molecule has 0 aliphatic rings. The summed E-state index contributed by atoms with van der Waals surface area (Å²) in [6.07, 6.45) is 1.94. The minimum atomic E-state index is -0.0807. The van der Waals surface area contributed by atoms with Crippen molar-refractivity contribution in [1.82, 2.24) is 15.2 Å². The molecule has 0 radical (unpaired) electrons. The van der Waals surface area contributed by atoms with Crippen LogP contribution >= 0.6 is 0 Å². The molecule has 0 aliphatic carbocycles. The topological polar surface area (TPSA) is 69.8 Å². The molecule has 1 aromatic heterocycles. The zero-order valence-electron chi connectivity index (χ0n) is 12.2. The Balaban J connectivity index is 1.88. The molecule has 1 amide bonds. The van der Waals surface area contributed by atoms with Gasteiger partial charge in [0.2, 0.25) is 0 Å². The highest BCUT2D eigenvalue weighted by Crippen LogP contribution is 2.07. The molecule has 2 rings (SSSR count). The van der Waals surface area contributed by atoms with Crippen LogP contribution in [-0.2, 0) is 20.1 Å². The number of carbonyl (C=O) groups excluding carboxylic acids is 1. The van der Waals surface area contributed by atoms with Crippen LogP contribution in [0.1, 0.15) is 27.2 Å². The Morgan fingerprint density at radius 3 is 2.48 bits per heavy atom. The number of hydrogen-bond donors (Lipinski definition) is 2. The molecule has 1 aromatic carbocycles. The Bertz CT molecular complexity index is 665. The summed E-state index contributed by atoms with van der Waals surface area (Å²) in [5.41, 5.74) is 3.50. The Morgan fingerprint density at radius 1 is 1.24 bits per heavy atom. The summed E-state index contributed by atoms with van der Waals surface area (Å²) < 4.78 is 1.81. The van der Waals surface area contributed by atoms with E-state index >= 15 is 0 Å². The minimum Gasteiger partial charge on any atom is -0.355 e. The van der Waals surface area contributed by atoms with Crippen LogP contribution in [0, 0.1) is 11.3 Å². The third-order valence-corrected chi connectivity index (χ3v) is 3.28. The van der Waals surface area contributed by atoms with Gasteiger partial charge in [0.15, 0.2) is 0 Å². The van der Waals surface area contributed by atoms with Gasteiger partial charge in [-0.15, -0.1) is 0 Å². The maximum absolute atomic E-state index is 11.4. The molecule has 2 aromatic rings. The first-order valence-electron chi connectivity index (χ1n) is 6.71. The fourth-order valence-corrected chi connectivity index (χ4v) is 2.11. The fraction of sp³-hybridized carbons (Fsp3) is 0.250. The zero-order valence-corrected chi connectivity index (χ0v) is 12.2. The van der Waals surface area contributed by atoms with E-state index < -0.39 is 0 Å². The van der Waals surface area contributed by atoms with Gasteiger partial charge in [0.05, 0.1) is 0 Å². The van der Waals surface area contributed by atoms with Crippen molar-refractivity contribution in [3.63, 3.8) is 0 Å². The summed E-state index contributed by atoms with van der Waals surface area (Å²) >= 11 is 0. The molecule has 0 saturated heterocycles. The van der Waals surface area contributed by atoms with Gasteiger partial charge >= 0.3 is 0 Å². The van der Waals surface area contributed by atoms with Crippen LogP contribution < -0.4 is 10.6 Å². The molecule has 21 heavy (non-hydrogen) atoms. The van der Waals surface area contributed by atoms with E-state index in [2.05, 4.69) is 16.7 Å². The molecule has 2 N–H and O–H groups in total. The van der Waals surface area contributed by atoms with Crippen LogP contribution in [0.15, 0.2) is 36.5 Å². The maximum Gasteiger partial charge on any atom is 0.251 e. The zero-order chi connectivity index (χ0) is 15.2. The summed E-state index contributed by atoms with van der Waals surface area (Å²) in [7, 11) is 3.48. The molecular formula is C16H18N4O. The number of nitrogens with zero attached hydrogens (tertiary/aromatic N) is 2. The summed E-state index contributed by atoms with van der Waals surface area (Å²) in [5, 5.41) is 14.8. The van der Waals surface area contributed by atoms with Crippen molar-refractivity contribution in [1.29, 1.82) is 5.26 Å². The standard InChI is InChI=1S/C16H18N4O/c1-18-16(21)14-5-3-12(4-6-14)9-19-10-13-7-15(8-17)20(2)11-13/h3-7,11,19H,9-10H2,1-2H3,(H,18,21). The highest BCUT2D eigenvalue weighted by Gasteiger charge is 2.03. The molecule has 0 spiro atoms. The molecule has 0 atom stereocenters. The first kappa shape index (κ1) is 14.8. The Kier molecular flexibility index (Phi) is 4.75. The van der Waals surface area contributed by atoms with Crippen LogP contribution in [0.2, 0.25) is 0 Å². The van der Waals surface area contributed by atoms with Gasteiger partial charge in [-0.05, 0) is 29.3 Å². The summed E-state index contributed by atoms with van der Waals surface area (Å²) in [6.45, 7) is 1.41. The smallest absolute Gasteiger partial charge is 0.251 e. The molecule has 0 unspecified atom stereocenters. The number of nitrogens with one attached hydrogen (secondary N) is 2. The number of hydrogen-bond acceptors (Lipinski definition) is 3. The van der Waals surface area contributed by atoms with E-state index in [-0.39, 0.29) is 5.91 Å². The third kappa shape index (κ3) is 3.71. The van der Waals surface area contributed by atoms with E-state index in [1.807, 2.05) is 48.1 Å². The predicted octanol–water partition coefficient (Wildman–Crippen LogP) is 1.55. The molecule has 5 nitrogen and oxygen atoms in total. The van der Waals surface area contributed by atoms with E-state index in [1.54, 1.807) is 7.05 Å². The lowest BCUT2D eigenvalue weighted by atomic mass is 10.1. The number of nitriles is 1. The van der Waals surface area contributed by atoms with Gasteiger partial charge in [0.1, 0.15) is 11.8 Å². The summed E-state index contributed by atoms with van der Waals surface area (Å²) in [5.74, 6) is -0.0807. The first-order valence-corrected chi connectivity index (χ1v) is 6.71. The maximum atomic E-state index is 11.4. The van der Waals surface area contributed by atoms with Crippen molar-refractivity contribution in [2.45, 2.75) is 13.1 Å². The highest BCUT2D eigenvalue weighted by atomic mass is 16.1. The molecule has 1 heterocycles. The Labute approximate surface area is 124 Å². The molecule has 0 saturated carbocycles. The lowest BCUT2D eigenvalue weighted by Gasteiger charge is -2.05. The second-order valence-corrected chi connectivity index (χ2v) is 4.84. The molecule has 108 valence electrons. The number of aryl methyl sites for hydroxylation is 1. The van der Waals surface area contributed by atoms with E-state index in [0.29, 0.717) is 24.3 Å². The van der Waals surface area contributed by atoms with Gasteiger partial charge in [-0.3, -0.25) is 4.79 Å². The monoisotopic (exact) mass is 282 g/mol. The number of benzene rings is 1. The second kappa shape index (κ2) is 6.73. The fourth-order valence-electron chi connectivity index (χ4n) is 2.11. The largest absolute Gasteiger partial charge is 0.355 e. The molecule has 5 heteroatoms. The minimum absolute atomic E-state index is 0.0807. The van der Waals surface area contributed by atoms with Gasteiger partial charge in [0, 0.05) is 38.9 Å². The third-order valence-electron chi connectivity index (χ3n) is 3.28. The summed E-state index contributed by atoms with van der Waals surface area (Å²) in [6, 6.07) is 11.5. The van der Waals surface area contributed by atoms with E-state index in [4.69, 9.17) is 5.26 Å². The Hall–Kier alpha value is -2.58. The van der Waals surface area contributed by atoms with Crippen LogP contribution in [0.5, 0.6) is 0 Å². The lowest BCUT2D eigenvalue weighted by molar-refractivity contribution is 0.0963. The van der Waals surface area contributed by atoms with Gasteiger partial charge < -0.3 is 15.2 Å². The van der Waals surface area contributed by atoms with Crippen molar-refractivity contribution < 1.29 is 4.79 Å². The molecular weight excluding hydrogens is 264 g/mol. The van der Waals surface area contributed by atoms with Gasteiger partial charge in [-0.2, -0.15) is 5.26 Å². The van der Waals surface area contributed by atoms with Crippen LogP contribution in [0.3, 0.4) is 0 Å². The SMILES string of the molecule is CNC(=O)c1ccc(CNCc2cc(C#N)n(C)c2)cc1. The van der Waals surface area contributed by atoms with Crippen molar-refractivity contribution >= 4 is 5.91 Å². The second-order valence-electron chi connectivity index (χ2n) is 4.84. The van der Waals surface area contributed by atoms with Gasteiger partial charge in [-0.1, -0.05) is 12.1 Å². The Morgan fingerprint density at radius 2 is 1.90 bits per heavy atom. The van der Waals surface area contributed by atoms with Crippen molar-refractivity contribution in [2.24, 2.45) is 7.05 Å². The summed E-state index contributed by atoms with van der Waals surface area (Å²) in [4.78, 5) is 11.4. The molecule has 0 bridgehead atoms. The van der Waals surface area contributed by atoms with Crippen molar-refractivity contribution in [3.05, 3.63) is 58.9 Å². The number of aromatic nitrogens is 1. The average Bonchev–Trinajstić information content (AvgIpc) is 2.87. The van der Waals surface area contributed by atoms with E-state index in [1.165, 1.54) is 0 Å². The van der Waals surface area contributed by atoms with E-state index in [9.17, 15) is 4.79 Å². The molecule has 0 fully saturated rings. The van der Waals surface area contributed by atoms with Gasteiger partial charge in [-0.25, -0.2) is 0 Å². The van der Waals surface area contributed by atoms with Crippen molar-refractivity contribution in [2.75, 3.05) is 7.05 Å². The van der Waals surface area contributed by atoms with Crippen LogP contribution in [-0.4, -0.2) is 17.5 Å². The predicted molar refractivity (Wildman–Crippen MR) is 80.5 cm³/mol. The van der Waals surface area contributed by atoms with Crippen molar-refractivity contribution in [3.8, 4) is 6.07 Å². The van der Waals surface area contributed by atoms with E-state index in [0.717, 1.165) is 11.1 Å². The quantitative estimate of drug-likeness (QED) is 0.874. The normalized spacial score (nSPS) is 10.1. The molecule has 0 aliphatic heterocycles. The number of carbonyl (C=O) groups is 1. The first-order chi connectivity index (χ1) is 10.1.